The van der Waals surface area contributed by atoms with Crippen LogP contribution in [0.2, 0.25) is 0 Å². The maximum absolute atomic E-state index is 14.7. The minimum Gasteiger partial charge on any atom is -0.350 e. The maximum atomic E-state index is 14.7. The van der Waals surface area contributed by atoms with Gasteiger partial charge in [-0.05, 0) is 60.8 Å². The van der Waals surface area contributed by atoms with Crippen LogP contribution in [0.1, 0.15) is 18.4 Å². The third kappa shape index (κ3) is 5.75. The molecular formula is C26H26FN5O2S. The van der Waals surface area contributed by atoms with E-state index in [-0.39, 0.29) is 5.75 Å². The van der Waals surface area contributed by atoms with Gasteiger partial charge in [0.25, 0.3) is 0 Å². The summed E-state index contributed by atoms with van der Waals surface area (Å²) < 4.78 is 42.5. The van der Waals surface area contributed by atoms with Crippen LogP contribution in [-0.4, -0.2) is 37.5 Å². The Morgan fingerprint density at radius 2 is 1.91 bits per heavy atom. The van der Waals surface area contributed by atoms with Gasteiger partial charge in [-0.2, -0.15) is 0 Å². The lowest BCUT2D eigenvalue weighted by Gasteiger charge is -2.23. The zero-order valence-electron chi connectivity index (χ0n) is 19.0. The van der Waals surface area contributed by atoms with Crippen molar-refractivity contribution in [1.29, 1.82) is 0 Å². The molecule has 3 aromatic carbocycles. The number of anilines is 2. The third-order valence-corrected chi connectivity index (χ3v) is 7.22. The number of benzene rings is 3. The first-order chi connectivity index (χ1) is 16.9. The van der Waals surface area contributed by atoms with Crippen LogP contribution >= 0.6 is 0 Å². The fourth-order valence-electron chi connectivity index (χ4n) is 4.25. The summed E-state index contributed by atoms with van der Waals surface area (Å²) in [7, 11) is -3.66. The summed E-state index contributed by atoms with van der Waals surface area (Å²) in [6.45, 7) is 1.91. The Morgan fingerprint density at radius 3 is 2.71 bits per heavy atom. The number of halogens is 1. The molecule has 1 atom stereocenters. The lowest BCUT2D eigenvalue weighted by atomic mass is 10.0. The molecule has 0 amide bonds. The summed E-state index contributed by atoms with van der Waals surface area (Å²) in [6, 6.07) is 18.8. The highest BCUT2D eigenvalue weighted by molar-refractivity contribution is 7.91. The Bertz CT molecular complexity index is 1440. The molecule has 2 heterocycles. The fraction of sp³-hybridized carbons (Fsp3) is 0.231. The van der Waals surface area contributed by atoms with Gasteiger partial charge < -0.3 is 10.6 Å². The normalized spacial score (nSPS) is 16.2. The number of piperidine rings is 1. The van der Waals surface area contributed by atoms with Crippen molar-refractivity contribution in [2.24, 2.45) is 0 Å². The van der Waals surface area contributed by atoms with Crippen molar-refractivity contribution in [3.05, 3.63) is 84.3 Å². The lowest BCUT2D eigenvalue weighted by Crippen LogP contribution is -2.38. The molecule has 7 nitrogen and oxygen atoms in total. The molecule has 1 fully saturated rings. The smallest absolute Gasteiger partial charge is 0.236 e. The molecule has 1 aromatic heterocycles. The minimum atomic E-state index is -3.66. The first-order valence-electron chi connectivity index (χ1n) is 11.5. The number of sulfonamides is 1. The van der Waals surface area contributed by atoms with E-state index in [2.05, 4.69) is 25.3 Å². The third-order valence-electron chi connectivity index (χ3n) is 5.96. The topological polar surface area (TPSA) is 96.0 Å². The number of nitrogens with one attached hydrogen (secondary N) is 3. The number of rotatable bonds is 7. The molecule has 0 spiro atoms. The average molecular weight is 492 g/mol. The Hall–Kier alpha value is -3.56. The minimum absolute atomic E-state index is 0.166. The van der Waals surface area contributed by atoms with E-state index in [9.17, 15) is 12.8 Å². The molecule has 35 heavy (non-hydrogen) atoms. The Balaban J connectivity index is 1.36. The van der Waals surface area contributed by atoms with Gasteiger partial charge in [0.15, 0.2) is 0 Å². The zero-order chi connectivity index (χ0) is 24.3. The number of hydrogen-bond donors (Lipinski definition) is 3. The van der Waals surface area contributed by atoms with Crippen molar-refractivity contribution in [2.45, 2.75) is 24.6 Å². The molecule has 1 saturated heterocycles. The Morgan fingerprint density at radius 1 is 1.06 bits per heavy atom. The van der Waals surface area contributed by atoms with Gasteiger partial charge in [0.2, 0.25) is 16.0 Å². The summed E-state index contributed by atoms with van der Waals surface area (Å²) in [5.74, 6) is -0.0412. The monoisotopic (exact) mass is 491 g/mol. The molecule has 5 rings (SSSR count). The van der Waals surface area contributed by atoms with Gasteiger partial charge in [-0.3, -0.25) is 4.72 Å². The predicted octanol–water partition coefficient (Wildman–Crippen LogP) is 4.54. The van der Waals surface area contributed by atoms with Crippen molar-refractivity contribution in [1.82, 2.24) is 15.3 Å². The molecule has 1 unspecified atom stereocenters. The molecular weight excluding hydrogens is 465 g/mol. The average Bonchev–Trinajstić information content (AvgIpc) is 2.86. The van der Waals surface area contributed by atoms with E-state index in [0.717, 1.165) is 36.8 Å². The van der Waals surface area contributed by atoms with E-state index in [4.69, 9.17) is 0 Å². The standard InChI is InChI=1S/C26H26FN5O2S/c27-24-10-9-21(32-35(33,34)17-18-5-2-1-3-6-18)14-23(24)19-8-11-25-20(13-19)15-29-26(31-25)30-22-7-4-12-28-16-22/h1-3,5-6,8-11,13-15,22,28,32H,4,7,12,16-17H2,(H,29,30,31). The van der Waals surface area contributed by atoms with Crippen LogP contribution in [0.5, 0.6) is 0 Å². The van der Waals surface area contributed by atoms with Crippen molar-refractivity contribution in [2.75, 3.05) is 23.1 Å². The molecule has 0 bridgehead atoms. The van der Waals surface area contributed by atoms with Crippen LogP contribution in [0.4, 0.5) is 16.0 Å². The van der Waals surface area contributed by atoms with Crippen molar-refractivity contribution >= 4 is 32.6 Å². The summed E-state index contributed by atoms with van der Waals surface area (Å²) in [5, 5.41) is 7.49. The largest absolute Gasteiger partial charge is 0.350 e. The summed E-state index contributed by atoms with van der Waals surface area (Å²) in [6.07, 6.45) is 3.90. The molecule has 3 N–H and O–H groups in total. The Kier molecular flexibility index (Phi) is 6.61. The molecule has 9 heteroatoms. The van der Waals surface area contributed by atoms with Crippen LogP contribution in [0.3, 0.4) is 0 Å². The van der Waals surface area contributed by atoms with Gasteiger partial charge in [-0.15, -0.1) is 0 Å². The fourth-order valence-corrected chi connectivity index (χ4v) is 5.44. The second-order valence-electron chi connectivity index (χ2n) is 8.70. The zero-order valence-corrected chi connectivity index (χ0v) is 19.9. The van der Waals surface area contributed by atoms with Crippen LogP contribution in [0.25, 0.3) is 22.0 Å². The first-order valence-corrected chi connectivity index (χ1v) is 13.2. The predicted molar refractivity (Wildman–Crippen MR) is 137 cm³/mol. The molecule has 1 aliphatic heterocycles. The van der Waals surface area contributed by atoms with Crippen LogP contribution in [0.15, 0.2) is 72.9 Å². The molecule has 4 aromatic rings. The number of fused-ring (bicyclic) bond motifs is 1. The Labute approximate surface area is 203 Å². The number of nitrogens with zero attached hydrogens (tertiary/aromatic N) is 2. The molecule has 0 aliphatic carbocycles. The molecule has 1 aliphatic rings. The molecule has 0 radical (unpaired) electrons. The van der Waals surface area contributed by atoms with Crippen LogP contribution in [-0.2, 0) is 15.8 Å². The van der Waals surface area contributed by atoms with Gasteiger partial charge in [-0.25, -0.2) is 22.8 Å². The van der Waals surface area contributed by atoms with E-state index in [1.807, 2.05) is 18.2 Å². The molecule has 0 saturated carbocycles. The summed E-state index contributed by atoms with van der Waals surface area (Å²) >= 11 is 0. The van der Waals surface area contributed by atoms with E-state index in [1.165, 1.54) is 18.2 Å². The number of aromatic nitrogens is 2. The highest BCUT2D eigenvalue weighted by Gasteiger charge is 2.16. The summed E-state index contributed by atoms with van der Waals surface area (Å²) in [5.41, 5.74) is 2.62. The first kappa shape index (κ1) is 23.2. The van der Waals surface area contributed by atoms with E-state index >= 15 is 0 Å². The van der Waals surface area contributed by atoms with Gasteiger partial charge >= 0.3 is 0 Å². The maximum Gasteiger partial charge on any atom is 0.236 e. The van der Waals surface area contributed by atoms with Crippen molar-refractivity contribution < 1.29 is 12.8 Å². The molecule has 180 valence electrons. The van der Waals surface area contributed by atoms with Crippen molar-refractivity contribution in [3.8, 4) is 11.1 Å². The van der Waals surface area contributed by atoms with Gasteiger partial charge in [0, 0.05) is 35.4 Å². The van der Waals surface area contributed by atoms with Gasteiger partial charge in [0.1, 0.15) is 5.82 Å². The second-order valence-corrected chi connectivity index (χ2v) is 10.4. The summed E-state index contributed by atoms with van der Waals surface area (Å²) in [4.78, 5) is 9.03. The van der Waals surface area contributed by atoms with E-state index < -0.39 is 15.8 Å². The number of hydrogen-bond acceptors (Lipinski definition) is 6. The second kappa shape index (κ2) is 9.97. The quantitative estimate of drug-likeness (QED) is 0.351. The lowest BCUT2D eigenvalue weighted by molar-refractivity contribution is 0.478. The van der Waals surface area contributed by atoms with Crippen LogP contribution < -0.4 is 15.4 Å². The van der Waals surface area contributed by atoms with Gasteiger partial charge in [0.05, 0.1) is 11.3 Å². The van der Waals surface area contributed by atoms with Gasteiger partial charge in [-0.1, -0.05) is 36.4 Å². The van der Waals surface area contributed by atoms with E-state index in [1.54, 1.807) is 36.5 Å². The highest BCUT2D eigenvalue weighted by atomic mass is 32.2. The van der Waals surface area contributed by atoms with Crippen molar-refractivity contribution in [3.63, 3.8) is 0 Å². The van der Waals surface area contributed by atoms with E-state index in [0.29, 0.717) is 34.4 Å². The highest BCUT2D eigenvalue weighted by Crippen LogP contribution is 2.29. The van der Waals surface area contributed by atoms with Crippen LogP contribution in [0, 0.1) is 5.82 Å². The SMILES string of the molecule is O=S(=O)(Cc1ccccc1)Nc1ccc(F)c(-c2ccc3nc(NC4CCCNC4)ncc3c2)c1.